The maximum atomic E-state index is 11.8. The van der Waals surface area contributed by atoms with Crippen molar-refractivity contribution in [2.75, 3.05) is 27.2 Å². The Hall–Kier alpha value is -1.78. The van der Waals surface area contributed by atoms with Crippen LogP contribution in [0.5, 0.6) is 0 Å². The van der Waals surface area contributed by atoms with Crippen molar-refractivity contribution >= 4 is 11.9 Å². The van der Waals surface area contributed by atoms with Crippen molar-refractivity contribution < 1.29 is 9.53 Å². The minimum atomic E-state index is -0.161. The number of carbonyl (C=O) groups excluding carboxylic acids is 1. The van der Waals surface area contributed by atoms with Gasteiger partial charge in [0, 0.05) is 20.0 Å². The molecular formula is C15H21N3O2. The number of likely N-dealkylation sites (N-methyl/N-ethyl adjacent to an activating group) is 1. The number of ether oxygens (including phenoxy) is 1. The number of carbonyl (C=O) groups is 1. The molecule has 0 aromatic rings. The lowest BCUT2D eigenvalue weighted by Gasteiger charge is -2.27. The predicted molar refractivity (Wildman–Crippen MR) is 77.8 cm³/mol. The predicted octanol–water partition coefficient (Wildman–Crippen LogP) is 1.72. The minimum Gasteiger partial charge on any atom is -0.448 e. The van der Waals surface area contributed by atoms with Crippen molar-refractivity contribution in [2.45, 2.75) is 25.3 Å². The zero-order valence-electron chi connectivity index (χ0n) is 12.1. The van der Waals surface area contributed by atoms with E-state index in [0.29, 0.717) is 19.1 Å². The third kappa shape index (κ3) is 2.01. The lowest BCUT2D eigenvalue weighted by Crippen LogP contribution is -2.36. The molecule has 20 heavy (non-hydrogen) atoms. The smallest absolute Gasteiger partial charge is 0.410 e. The lowest BCUT2D eigenvalue weighted by atomic mass is 9.86. The second-order valence-corrected chi connectivity index (χ2v) is 5.38. The van der Waals surface area contributed by atoms with Crippen molar-refractivity contribution in [1.29, 1.82) is 0 Å². The minimum absolute atomic E-state index is 0.161. The van der Waals surface area contributed by atoms with Crippen LogP contribution in [0.2, 0.25) is 0 Å². The monoisotopic (exact) mass is 275 g/mol. The standard InChI is InChI=1S/C15H21N3O2/c1-16-14(17-2)12-5-3-4-11-10(12)6-7-13(11)18-8-9-20-15(18)19/h4-5,10,13H,3,6-9H2,1-2H3,(H,16,17). The van der Waals surface area contributed by atoms with E-state index in [1.165, 1.54) is 11.1 Å². The highest BCUT2D eigenvalue weighted by Gasteiger charge is 2.41. The summed E-state index contributed by atoms with van der Waals surface area (Å²) in [6.45, 7) is 1.24. The number of allylic oxidation sites excluding steroid dienone is 2. The van der Waals surface area contributed by atoms with E-state index in [1.54, 1.807) is 0 Å². The topological polar surface area (TPSA) is 53.9 Å². The molecule has 1 heterocycles. The first-order chi connectivity index (χ1) is 9.76. The van der Waals surface area contributed by atoms with E-state index in [1.807, 2.05) is 19.0 Å². The number of nitrogens with zero attached hydrogens (tertiary/aromatic N) is 2. The van der Waals surface area contributed by atoms with E-state index in [2.05, 4.69) is 22.5 Å². The summed E-state index contributed by atoms with van der Waals surface area (Å²) in [5.74, 6) is 1.36. The molecule has 1 N–H and O–H groups in total. The molecular weight excluding hydrogens is 254 g/mol. The summed E-state index contributed by atoms with van der Waals surface area (Å²) in [7, 11) is 3.72. The zero-order chi connectivity index (χ0) is 14.1. The molecule has 0 bridgehead atoms. The third-order valence-corrected chi connectivity index (χ3v) is 4.48. The Kier molecular flexibility index (Phi) is 3.51. The summed E-state index contributed by atoms with van der Waals surface area (Å²) in [5, 5.41) is 3.18. The third-order valence-electron chi connectivity index (χ3n) is 4.48. The summed E-state index contributed by atoms with van der Waals surface area (Å²) in [4.78, 5) is 18.0. The van der Waals surface area contributed by atoms with Crippen molar-refractivity contribution in [3.05, 3.63) is 23.3 Å². The van der Waals surface area contributed by atoms with E-state index < -0.39 is 0 Å². The number of hydrogen-bond donors (Lipinski definition) is 1. The summed E-state index contributed by atoms with van der Waals surface area (Å²) < 4.78 is 5.08. The van der Waals surface area contributed by atoms with Gasteiger partial charge in [0.15, 0.2) is 0 Å². The molecule has 5 heteroatoms. The van der Waals surface area contributed by atoms with Gasteiger partial charge in [-0.2, -0.15) is 0 Å². The fourth-order valence-electron chi connectivity index (χ4n) is 3.64. The molecule has 0 radical (unpaired) electrons. The van der Waals surface area contributed by atoms with Crippen LogP contribution in [0.25, 0.3) is 0 Å². The van der Waals surface area contributed by atoms with Crippen molar-refractivity contribution in [1.82, 2.24) is 10.2 Å². The fourth-order valence-corrected chi connectivity index (χ4v) is 3.64. The molecule has 0 aromatic heterocycles. The molecule has 0 aromatic carbocycles. The van der Waals surface area contributed by atoms with E-state index in [0.717, 1.165) is 25.1 Å². The van der Waals surface area contributed by atoms with Gasteiger partial charge in [-0.1, -0.05) is 12.2 Å². The Bertz CT molecular complexity index is 507. The maximum Gasteiger partial charge on any atom is 0.410 e. The van der Waals surface area contributed by atoms with Crippen LogP contribution in [-0.4, -0.2) is 50.1 Å². The van der Waals surface area contributed by atoms with E-state index in [-0.39, 0.29) is 12.1 Å². The molecule has 3 rings (SSSR count). The summed E-state index contributed by atoms with van der Waals surface area (Å²) in [6.07, 6.45) is 7.38. The van der Waals surface area contributed by atoms with E-state index in [9.17, 15) is 4.79 Å². The Balaban J connectivity index is 1.83. The highest BCUT2D eigenvalue weighted by atomic mass is 16.6. The number of aliphatic imine (C=N–C) groups is 1. The van der Waals surface area contributed by atoms with Crippen LogP contribution in [0.1, 0.15) is 19.3 Å². The molecule has 2 fully saturated rings. The first kappa shape index (κ1) is 13.2. The van der Waals surface area contributed by atoms with Crippen LogP contribution < -0.4 is 5.32 Å². The summed E-state index contributed by atoms with van der Waals surface area (Å²) in [6, 6.07) is 0.216. The van der Waals surface area contributed by atoms with Crippen molar-refractivity contribution in [2.24, 2.45) is 10.9 Å². The average molecular weight is 275 g/mol. The number of cyclic esters (lactones) is 1. The van der Waals surface area contributed by atoms with Crippen LogP contribution >= 0.6 is 0 Å². The molecule has 108 valence electrons. The van der Waals surface area contributed by atoms with Gasteiger partial charge in [0.2, 0.25) is 0 Å². The number of amidine groups is 1. The Morgan fingerprint density at radius 1 is 1.45 bits per heavy atom. The normalized spacial score (nSPS) is 29.8. The van der Waals surface area contributed by atoms with Gasteiger partial charge in [-0.3, -0.25) is 9.89 Å². The van der Waals surface area contributed by atoms with Crippen LogP contribution in [0.15, 0.2) is 28.3 Å². The second-order valence-electron chi connectivity index (χ2n) is 5.38. The van der Waals surface area contributed by atoms with Gasteiger partial charge < -0.3 is 10.1 Å². The SMILES string of the molecule is CN=C(NC)C1=CCC=C2C1CCC2N1CCOC1=O. The van der Waals surface area contributed by atoms with Gasteiger partial charge in [-0.05, 0) is 30.4 Å². The summed E-state index contributed by atoms with van der Waals surface area (Å²) >= 11 is 0. The average Bonchev–Trinajstić information content (AvgIpc) is 3.06. The van der Waals surface area contributed by atoms with Gasteiger partial charge in [0.1, 0.15) is 12.4 Å². The van der Waals surface area contributed by atoms with Crippen LogP contribution in [0.3, 0.4) is 0 Å². The maximum absolute atomic E-state index is 11.8. The molecule has 2 unspecified atom stereocenters. The van der Waals surface area contributed by atoms with Crippen LogP contribution in [0, 0.1) is 5.92 Å². The molecule has 3 aliphatic rings. The molecule has 1 saturated carbocycles. The van der Waals surface area contributed by atoms with Crippen molar-refractivity contribution in [3.8, 4) is 0 Å². The number of rotatable bonds is 2. The Morgan fingerprint density at radius 3 is 2.95 bits per heavy atom. The zero-order valence-corrected chi connectivity index (χ0v) is 12.1. The molecule has 0 spiro atoms. The molecule has 1 amide bonds. The summed E-state index contributed by atoms with van der Waals surface area (Å²) in [5.41, 5.74) is 2.65. The van der Waals surface area contributed by atoms with E-state index >= 15 is 0 Å². The van der Waals surface area contributed by atoms with Gasteiger partial charge in [-0.15, -0.1) is 0 Å². The number of amides is 1. The van der Waals surface area contributed by atoms with Crippen LogP contribution in [-0.2, 0) is 4.74 Å². The number of nitrogens with one attached hydrogen (secondary N) is 1. The van der Waals surface area contributed by atoms with E-state index in [4.69, 9.17) is 4.74 Å². The lowest BCUT2D eigenvalue weighted by molar-refractivity contribution is 0.152. The van der Waals surface area contributed by atoms with Gasteiger partial charge >= 0.3 is 6.09 Å². The Morgan fingerprint density at radius 2 is 2.30 bits per heavy atom. The molecule has 1 aliphatic heterocycles. The highest BCUT2D eigenvalue weighted by Crippen LogP contribution is 2.42. The largest absolute Gasteiger partial charge is 0.448 e. The quantitative estimate of drug-likeness (QED) is 0.474. The molecule has 1 saturated heterocycles. The second kappa shape index (κ2) is 5.31. The first-order valence-electron chi connectivity index (χ1n) is 7.24. The molecule has 2 aliphatic carbocycles. The Labute approximate surface area is 119 Å². The molecule has 2 atom stereocenters. The van der Waals surface area contributed by atoms with Gasteiger partial charge in [-0.25, -0.2) is 4.79 Å². The van der Waals surface area contributed by atoms with Crippen LogP contribution in [0.4, 0.5) is 4.79 Å². The van der Waals surface area contributed by atoms with Crippen molar-refractivity contribution in [3.63, 3.8) is 0 Å². The number of fused-ring (bicyclic) bond motifs is 1. The first-order valence-corrected chi connectivity index (χ1v) is 7.24. The van der Waals surface area contributed by atoms with Gasteiger partial charge in [0.05, 0.1) is 12.6 Å². The fraction of sp³-hybridized carbons (Fsp3) is 0.600. The number of hydrogen-bond acceptors (Lipinski definition) is 3. The molecule has 5 nitrogen and oxygen atoms in total. The van der Waals surface area contributed by atoms with Gasteiger partial charge in [0.25, 0.3) is 0 Å². The highest BCUT2D eigenvalue weighted by molar-refractivity contribution is 5.99.